The molecule has 0 aliphatic carbocycles. The Bertz CT molecular complexity index is 686. The molecule has 2 N–H and O–H groups in total. The number of aromatic nitrogens is 4. The summed E-state index contributed by atoms with van der Waals surface area (Å²) >= 11 is 0. The number of anilines is 1. The van der Waals surface area contributed by atoms with Gasteiger partial charge in [0.1, 0.15) is 11.5 Å². The molecular weight excluding hydrogens is 214 g/mol. The summed E-state index contributed by atoms with van der Waals surface area (Å²) in [6, 6.07) is 7.40. The Morgan fingerprint density at radius 1 is 1.18 bits per heavy atom. The molecule has 3 aromatic heterocycles. The van der Waals surface area contributed by atoms with E-state index in [9.17, 15) is 0 Å². The molecule has 5 heteroatoms. The van der Waals surface area contributed by atoms with Crippen LogP contribution in [0.25, 0.3) is 22.6 Å². The summed E-state index contributed by atoms with van der Waals surface area (Å²) in [7, 11) is 1.94. The zero-order valence-electron chi connectivity index (χ0n) is 9.33. The van der Waals surface area contributed by atoms with Crippen LogP contribution in [0.15, 0.2) is 36.7 Å². The van der Waals surface area contributed by atoms with Gasteiger partial charge in [0, 0.05) is 13.2 Å². The maximum atomic E-state index is 5.68. The Hall–Kier alpha value is -2.43. The maximum absolute atomic E-state index is 5.68. The first-order chi connectivity index (χ1) is 8.25. The second-order valence-corrected chi connectivity index (χ2v) is 3.81. The Morgan fingerprint density at radius 2 is 2.06 bits per heavy atom. The van der Waals surface area contributed by atoms with Crippen molar-refractivity contribution in [3.8, 4) is 11.5 Å². The largest absolute Gasteiger partial charge is 0.384 e. The summed E-state index contributed by atoms with van der Waals surface area (Å²) in [4.78, 5) is 12.9. The van der Waals surface area contributed by atoms with Crippen LogP contribution in [0, 0.1) is 0 Å². The molecule has 0 aliphatic heterocycles. The molecule has 0 fully saturated rings. The van der Waals surface area contributed by atoms with Crippen molar-refractivity contribution >= 4 is 16.9 Å². The van der Waals surface area contributed by atoms with Gasteiger partial charge in [0.05, 0.1) is 17.2 Å². The lowest BCUT2D eigenvalue weighted by Crippen LogP contribution is -1.97. The minimum absolute atomic E-state index is 0.493. The van der Waals surface area contributed by atoms with Crippen molar-refractivity contribution in [2.24, 2.45) is 7.05 Å². The average Bonchev–Trinajstić information content (AvgIpc) is 2.68. The van der Waals surface area contributed by atoms with Gasteiger partial charge >= 0.3 is 0 Å². The molecule has 5 nitrogen and oxygen atoms in total. The molecule has 0 atom stereocenters. The van der Waals surface area contributed by atoms with Crippen LogP contribution in [0.3, 0.4) is 0 Å². The predicted molar refractivity (Wildman–Crippen MR) is 66.2 cm³/mol. The number of nitrogens with zero attached hydrogens (tertiary/aromatic N) is 4. The molecule has 17 heavy (non-hydrogen) atoms. The molecule has 0 radical (unpaired) electrons. The fourth-order valence-electron chi connectivity index (χ4n) is 1.84. The van der Waals surface area contributed by atoms with Gasteiger partial charge in [-0.2, -0.15) is 0 Å². The molecular formula is C12H11N5. The standard InChI is InChI=1S/C12H11N5/c1-17-10-7-14-6-5-8(10)16-12(17)9-3-2-4-11(13)15-9/h2-7H,1H3,(H2,13,15). The zero-order chi connectivity index (χ0) is 11.8. The van der Waals surface area contributed by atoms with E-state index in [4.69, 9.17) is 5.73 Å². The van der Waals surface area contributed by atoms with Crippen LogP contribution in [0.4, 0.5) is 5.82 Å². The quantitative estimate of drug-likeness (QED) is 0.683. The van der Waals surface area contributed by atoms with Gasteiger partial charge in [-0.15, -0.1) is 0 Å². The van der Waals surface area contributed by atoms with Crippen LogP contribution < -0.4 is 5.73 Å². The zero-order valence-corrected chi connectivity index (χ0v) is 9.33. The summed E-state index contributed by atoms with van der Waals surface area (Å²) in [6.45, 7) is 0. The predicted octanol–water partition coefficient (Wildman–Crippen LogP) is 1.61. The molecule has 0 saturated carbocycles. The molecule has 3 rings (SSSR count). The van der Waals surface area contributed by atoms with E-state index in [0.29, 0.717) is 5.82 Å². The van der Waals surface area contributed by atoms with E-state index in [1.807, 2.05) is 29.8 Å². The third-order valence-corrected chi connectivity index (χ3v) is 2.68. The second-order valence-electron chi connectivity index (χ2n) is 3.81. The van der Waals surface area contributed by atoms with Crippen LogP contribution in [0.1, 0.15) is 0 Å². The molecule has 0 saturated heterocycles. The summed E-state index contributed by atoms with van der Waals surface area (Å²) in [6.07, 6.45) is 3.52. The molecule has 84 valence electrons. The molecule has 0 spiro atoms. The molecule has 3 heterocycles. The third kappa shape index (κ3) is 1.52. The second kappa shape index (κ2) is 3.55. The highest BCUT2D eigenvalue weighted by molar-refractivity contribution is 5.78. The van der Waals surface area contributed by atoms with Crippen LogP contribution in [-0.2, 0) is 7.05 Å². The summed E-state index contributed by atoms with van der Waals surface area (Å²) in [5, 5.41) is 0. The van der Waals surface area contributed by atoms with Crippen molar-refractivity contribution in [1.29, 1.82) is 0 Å². The van der Waals surface area contributed by atoms with Crippen molar-refractivity contribution in [3.05, 3.63) is 36.7 Å². The van der Waals surface area contributed by atoms with Crippen molar-refractivity contribution in [1.82, 2.24) is 19.5 Å². The first-order valence-corrected chi connectivity index (χ1v) is 5.25. The van der Waals surface area contributed by atoms with Crippen molar-refractivity contribution in [2.75, 3.05) is 5.73 Å². The van der Waals surface area contributed by atoms with Crippen molar-refractivity contribution in [3.63, 3.8) is 0 Å². The highest BCUT2D eigenvalue weighted by atomic mass is 15.1. The number of hydrogen-bond acceptors (Lipinski definition) is 4. The molecule has 0 aliphatic rings. The molecule has 0 amide bonds. The summed E-state index contributed by atoms with van der Waals surface area (Å²) in [5.41, 5.74) is 8.33. The van der Waals surface area contributed by atoms with Crippen LogP contribution in [0.5, 0.6) is 0 Å². The minimum atomic E-state index is 0.493. The van der Waals surface area contributed by atoms with Gasteiger partial charge in [-0.1, -0.05) is 6.07 Å². The SMILES string of the molecule is Cn1c(-c2cccc(N)n2)nc2ccncc21. The lowest BCUT2D eigenvalue weighted by atomic mass is 10.3. The monoisotopic (exact) mass is 225 g/mol. The van der Waals surface area contributed by atoms with Gasteiger partial charge in [0.15, 0.2) is 5.82 Å². The average molecular weight is 225 g/mol. The number of nitrogen functional groups attached to an aromatic ring is 1. The highest BCUT2D eigenvalue weighted by Crippen LogP contribution is 2.21. The van der Waals surface area contributed by atoms with Crippen LogP contribution >= 0.6 is 0 Å². The van der Waals surface area contributed by atoms with E-state index in [-0.39, 0.29) is 0 Å². The third-order valence-electron chi connectivity index (χ3n) is 2.68. The lowest BCUT2D eigenvalue weighted by Gasteiger charge is -2.01. The van der Waals surface area contributed by atoms with Gasteiger partial charge in [-0.25, -0.2) is 9.97 Å². The molecule has 0 aromatic carbocycles. The van der Waals surface area contributed by atoms with Crippen molar-refractivity contribution < 1.29 is 0 Å². The number of hydrogen-bond donors (Lipinski definition) is 1. The summed E-state index contributed by atoms with van der Waals surface area (Å²) in [5.74, 6) is 1.29. The van der Waals surface area contributed by atoms with E-state index in [2.05, 4.69) is 15.0 Å². The molecule has 3 aromatic rings. The fraction of sp³-hybridized carbons (Fsp3) is 0.0833. The Kier molecular flexibility index (Phi) is 2.04. The number of fused-ring (bicyclic) bond motifs is 1. The first kappa shape index (κ1) is 9.77. The van der Waals surface area contributed by atoms with Gasteiger partial charge in [-0.05, 0) is 18.2 Å². The maximum Gasteiger partial charge on any atom is 0.159 e. The Labute approximate surface area is 98.0 Å². The normalized spacial score (nSPS) is 10.9. The minimum Gasteiger partial charge on any atom is -0.384 e. The van der Waals surface area contributed by atoms with Gasteiger partial charge in [-0.3, -0.25) is 4.98 Å². The topological polar surface area (TPSA) is 69.6 Å². The molecule has 0 bridgehead atoms. The van der Waals surface area contributed by atoms with Crippen LogP contribution in [0.2, 0.25) is 0 Å². The van der Waals surface area contributed by atoms with E-state index in [1.165, 1.54) is 0 Å². The van der Waals surface area contributed by atoms with Gasteiger partial charge < -0.3 is 10.3 Å². The van der Waals surface area contributed by atoms with Gasteiger partial charge in [0.25, 0.3) is 0 Å². The number of aryl methyl sites for hydroxylation is 1. The molecule has 0 unspecified atom stereocenters. The van der Waals surface area contributed by atoms with E-state index >= 15 is 0 Å². The van der Waals surface area contributed by atoms with E-state index in [0.717, 1.165) is 22.6 Å². The number of pyridine rings is 2. The van der Waals surface area contributed by atoms with Crippen LogP contribution in [-0.4, -0.2) is 19.5 Å². The Morgan fingerprint density at radius 3 is 2.82 bits per heavy atom. The van der Waals surface area contributed by atoms with E-state index in [1.54, 1.807) is 18.5 Å². The Balaban J connectivity index is 2.27. The smallest absolute Gasteiger partial charge is 0.159 e. The first-order valence-electron chi connectivity index (χ1n) is 5.25. The van der Waals surface area contributed by atoms with Gasteiger partial charge in [0.2, 0.25) is 0 Å². The fourth-order valence-corrected chi connectivity index (χ4v) is 1.84. The number of nitrogens with two attached hydrogens (primary N) is 1. The summed E-state index contributed by atoms with van der Waals surface area (Å²) < 4.78 is 1.96. The van der Waals surface area contributed by atoms with E-state index < -0.39 is 0 Å². The highest BCUT2D eigenvalue weighted by Gasteiger charge is 2.10. The van der Waals surface area contributed by atoms with Crippen molar-refractivity contribution in [2.45, 2.75) is 0 Å². The lowest BCUT2D eigenvalue weighted by molar-refractivity contribution is 0.948. The number of imidazole rings is 1. The number of rotatable bonds is 1.